The van der Waals surface area contributed by atoms with Gasteiger partial charge in [0.2, 0.25) is 0 Å². The Balaban J connectivity index is 1.46. The molecule has 2 N–H and O–H groups in total. The van der Waals surface area contributed by atoms with E-state index in [0.29, 0.717) is 30.1 Å². The number of anilines is 1. The van der Waals surface area contributed by atoms with Gasteiger partial charge in [0.25, 0.3) is 5.91 Å². The maximum atomic E-state index is 12.2. The number of H-pyrrole nitrogens is 1. The summed E-state index contributed by atoms with van der Waals surface area (Å²) in [6.45, 7) is 4.06. The van der Waals surface area contributed by atoms with E-state index in [-0.39, 0.29) is 10.8 Å². The van der Waals surface area contributed by atoms with Gasteiger partial charge in [-0.05, 0) is 42.8 Å². The van der Waals surface area contributed by atoms with Crippen LogP contribution in [0.5, 0.6) is 5.75 Å². The highest BCUT2D eigenvalue weighted by Gasteiger charge is 2.08. The van der Waals surface area contributed by atoms with Crippen molar-refractivity contribution >= 4 is 22.9 Å². The summed E-state index contributed by atoms with van der Waals surface area (Å²) in [5.74, 6) is 0.565. The number of hydrogen-bond donors (Lipinski definition) is 2. The van der Waals surface area contributed by atoms with E-state index in [0.717, 1.165) is 30.1 Å². The molecule has 0 bridgehead atoms. The number of hydrogen-bond acceptors (Lipinski definition) is 6. The van der Waals surface area contributed by atoms with E-state index in [1.807, 2.05) is 12.1 Å². The van der Waals surface area contributed by atoms with Crippen molar-refractivity contribution in [1.82, 2.24) is 15.5 Å². The molecule has 0 aliphatic carbocycles. The number of carbonyl (C=O) groups excluding carboxylic acids is 1. The Morgan fingerprint density at radius 1 is 1.17 bits per heavy atom. The SMILES string of the molecule is CCN(C)c1ccccc1CCOc1ccc(C(=O)NCCc2n[nH]c(=O)s2)cc1. The van der Waals surface area contributed by atoms with Crippen LogP contribution in [0, 0.1) is 0 Å². The first-order valence-electron chi connectivity index (χ1n) is 9.91. The van der Waals surface area contributed by atoms with Crippen molar-refractivity contribution < 1.29 is 9.53 Å². The minimum atomic E-state index is -0.187. The van der Waals surface area contributed by atoms with Gasteiger partial charge in [-0.1, -0.05) is 29.5 Å². The molecule has 1 heterocycles. The van der Waals surface area contributed by atoms with Gasteiger partial charge in [0.1, 0.15) is 10.8 Å². The van der Waals surface area contributed by atoms with E-state index in [2.05, 4.69) is 46.5 Å². The highest BCUT2D eigenvalue weighted by Crippen LogP contribution is 2.20. The van der Waals surface area contributed by atoms with E-state index in [9.17, 15) is 9.59 Å². The third-order valence-electron chi connectivity index (χ3n) is 4.74. The third kappa shape index (κ3) is 5.93. The first-order chi connectivity index (χ1) is 14.6. The second kappa shape index (κ2) is 10.6. The molecule has 0 saturated carbocycles. The predicted molar refractivity (Wildman–Crippen MR) is 120 cm³/mol. The van der Waals surface area contributed by atoms with Crippen molar-refractivity contribution in [2.45, 2.75) is 19.8 Å². The number of rotatable bonds is 10. The van der Waals surface area contributed by atoms with Gasteiger partial charge in [0, 0.05) is 44.2 Å². The number of aromatic nitrogens is 2. The molecule has 0 spiro atoms. The number of benzene rings is 2. The number of amides is 1. The minimum absolute atomic E-state index is 0.166. The Kier molecular flexibility index (Phi) is 7.62. The lowest BCUT2D eigenvalue weighted by Crippen LogP contribution is -2.25. The molecule has 158 valence electrons. The number of nitrogens with one attached hydrogen (secondary N) is 2. The molecule has 1 amide bonds. The zero-order chi connectivity index (χ0) is 21.3. The standard InChI is InChI=1S/C22H26N4O3S/c1-3-26(2)19-7-5-4-6-16(19)13-15-29-18-10-8-17(9-11-18)21(27)23-14-12-20-24-25-22(28)30-20/h4-11H,3,12-15H2,1-2H3,(H,23,27)(H,25,28). The first-order valence-corrected chi connectivity index (χ1v) is 10.7. The second-order valence-corrected chi connectivity index (χ2v) is 7.82. The fourth-order valence-corrected chi connectivity index (χ4v) is 3.60. The topological polar surface area (TPSA) is 87.3 Å². The van der Waals surface area contributed by atoms with E-state index in [4.69, 9.17) is 4.74 Å². The Morgan fingerprint density at radius 3 is 2.63 bits per heavy atom. The molecule has 0 saturated heterocycles. The zero-order valence-corrected chi connectivity index (χ0v) is 18.0. The molecule has 30 heavy (non-hydrogen) atoms. The molecule has 0 aliphatic heterocycles. The summed E-state index contributed by atoms with van der Waals surface area (Å²) in [5, 5.41) is 9.75. The van der Waals surface area contributed by atoms with Crippen LogP contribution < -0.4 is 19.8 Å². The summed E-state index contributed by atoms with van der Waals surface area (Å²) in [4.78, 5) is 25.3. The highest BCUT2D eigenvalue weighted by molar-refractivity contribution is 7.08. The van der Waals surface area contributed by atoms with Crippen molar-refractivity contribution in [2.75, 3.05) is 31.6 Å². The molecule has 3 rings (SSSR count). The summed E-state index contributed by atoms with van der Waals surface area (Å²) < 4.78 is 5.86. The molecular formula is C22H26N4O3S. The maximum absolute atomic E-state index is 12.2. The van der Waals surface area contributed by atoms with E-state index < -0.39 is 0 Å². The summed E-state index contributed by atoms with van der Waals surface area (Å²) in [6, 6.07) is 15.4. The molecule has 7 nitrogen and oxygen atoms in total. The van der Waals surface area contributed by atoms with Crippen LogP contribution in [-0.4, -0.2) is 42.8 Å². The van der Waals surface area contributed by atoms with Crippen molar-refractivity contribution in [3.05, 3.63) is 74.3 Å². The number of nitrogens with zero attached hydrogens (tertiary/aromatic N) is 2. The van der Waals surface area contributed by atoms with Crippen LogP contribution >= 0.6 is 11.3 Å². The fourth-order valence-electron chi connectivity index (χ4n) is 3.00. The molecule has 0 unspecified atom stereocenters. The monoisotopic (exact) mass is 426 g/mol. The molecule has 8 heteroatoms. The molecule has 0 aliphatic rings. The van der Waals surface area contributed by atoms with Crippen LogP contribution in [0.15, 0.2) is 53.3 Å². The molecule has 3 aromatic rings. The third-order valence-corrected chi connectivity index (χ3v) is 5.55. The minimum Gasteiger partial charge on any atom is -0.493 e. The van der Waals surface area contributed by atoms with Crippen molar-refractivity contribution in [3.8, 4) is 5.75 Å². The van der Waals surface area contributed by atoms with Gasteiger partial charge < -0.3 is 15.0 Å². The van der Waals surface area contributed by atoms with E-state index in [1.54, 1.807) is 24.3 Å². The summed E-state index contributed by atoms with van der Waals surface area (Å²) in [5.41, 5.74) is 3.03. The normalized spacial score (nSPS) is 10.6. The lowest BCUT2D eigenvalue weighted by atomic mass is 10.1. The lowest BCUT2D eigenvalue weighted by molar-refractivity contribution is 0.0954. The maximum Gasteiger partial charge on any atom is 0.322 e. The van der Waals surface area contributed by atoms with Gasteiger partial charge in [-0.25, -0.2) is 5.10 Å². The molecule has 0 atom stereocenters. The quantitative estimate of drug-likeness (QED) is 0.521. The van der Waals surface area contributed by atoms with Crippen LogP contribution in [0.3, 0.4) is 0 Å². The average Bonchev–Trinajstić information content (AvgIpc) is 3.19. The van der Waals surface area contributed by atoms with E-state index >= 15 is 0 Å². The number of carbonyl (C=O) groups is 1. The van der Waals surface area contributed by atoms with Crippen molar-refractivity contribution in [2.24, 2.45) is 0 Å². The lowest BCUT2D eigenvalue weighted by Gasteiger charge is -2.20. The van der Waals surface area contributed by atoms with Crippen LogP contribution in [-0.2, 0) is 12.8 Å². The number of aromatic amines is 1. The van der Waals surface area contributed by atoms with Crippen LogP contribution in [0.25, 0.3) is 0 Å². The number of para-hydroxylation sites is 1. The first kappa shape index (κ1) is 21.6. The Labute approximate surface area is 179 Å². The Hall–Kier alpha value is -3.13. The fraction of sp³-hybridized carbons (Fsp3) is 0.318. The molecule has 2 aromatic carbocycles. The van der Waals surface area contributed by atoms with Gasteiger partial charge in [-0.3, -0.25) is 9.59 Å². The van der Waals surface area contributed by atoms with Crippen molar-refractivity contribution in [3.63, 3.8) is 0 Å². The van der Waals surface area contributed by atoms with Crippen LogP contribution in [0.2, 0.25) is 0 Å². The number of ether oxygens (including phenoxy) is 1. The van der Waals surface area contributed by atoms with Gasteiger partial charge in [0.15, 0.2) is 0 Å². The summed E-state index contributed by atoms with van der Waals surface area (Å²) in [6.07, 6.45) is 1.33. The second-order valence-electron chi connectivity index (χ2n) is 6.78. The summed E-state index contributed by atoms with van der Waals surface area (Å²) >= 11 is 1.05. The molecule has 1 aromatic heterocycles. The van der Waals surface area contributed by atoms with Gasteiger partial charge in [0.05, 0.1) is 6.61 Å². The largest absolute Gasteiger partial charge is 0.493 e. The van der Waals surface area contributed by atoms with Gasteiger partial charge in [-0.15, -0.1) is 0 Å². The van der Waals surface area contributed by atoms with Gasteiger partial charge >= 0.3 is 4.87 Å². The van der Waals surface area contributed by atoms with Gasteiger partial charge in [-0.2, -0.15) is 5.10 Å². The van der Waals surface area contributed by atoms with Crippen molar-refractivity contribution in [1.29, 1.82) is 0 Å². The molecular weight excluding hydrogens is 400 g/mol. The zero-order valence-electron chi connectivity index (χ0n) is 17.2. The Bertz CT molecular complexity index is 1010. The Morgan fingerprint density at radius 2 is 1.93 bits per heavy atom. The summed E-state index contributed by atoms with van der Waals surface area (Å²) in [7, 11) is 2.08. The predicted octanol–water partition coefficient (Wildman–Crippen LogP) is 2.88. The van der Waals surface area contributed by atoms with Crippen LogP contribution in [0.1, 0.15) is 27.9 Å². The highest BCUT2D eigenvalue weighted by atomic mass is 32.1. The molecule has 0 fully saturated rings. The smallest absolute Gasteiger partial charge is 0.322 e. The van der Waals surface area contributed by atoms with Crippen LogP contribution in [0.4, 0.5) is 5.69 Å². The average molecular weight is 427 g/mol. The van der Waals surface area contributed by atoms with E-state index in [1.165, 1.54) is 11.3 Å². The molecule has 0 radical (unpaired) electrons.